The van der Waals surface area contributed by atoms with Crippen molar-refractivity contribution in [3.63, 3.8) is 0 Å². The Morgan fingerprint density at radius 2 is 0.957 bits per heavy atom. The van der Waals surface area contributed by atoms with Crippen LogP contribution in [0.15, 0.2) is 146 Å². The number of hydrogen-bond donors (Lipinski definition) is 1. The first-order valence-electron chi connectivity index (χ1n) is 15.2. The van der Waals surface area contributed by atoms with Gasteiger partial charge in [-0.15, -0.1) is 0 Å². The van der Waals surface area contributed by atoms with E-state index in [2.05, 4.69) is 69.8 Å². The predicted octanol–water partition coefficient (Wildman–Crippen LogP) is 7.64. The Labute approximate surface area is 265 Å². The SMILES string of the molecule is O[B]c1ccc2c(c1)c1cc3c(cc1n2-c1nc(-c2ccccc2)nc(-c2ccccc2)n1)c1ccccc1n3-c1ccccc1. The molecule has 1 N–H and O–H groups in total. The van der Waals surface area contributed by atoms with E-state index in [0.717, 1.165) is 73.4 Å². The summed E-state index contributed by atoms with van der Waals surface area (Å²) in [4.78, 5) is 15.1. The molecule has 0 aliphatic heterocycles. The van der Waals surface area contributed by atoms with Crippen molar-refractivity contribution in [3.05, 3.63) is 146 Å². The van der Waals surface area contributed by atoms with E-state index in [1.54, 1.807) is 0 Å². The quantitative estimate of drug-likeness (QED) is 0.209. The van der Waals surface area contributed by atoms with Gasteiger partial charge < -0.3 is 9.59 Å². The first-order valence-corrected chi connectivity index (χ1v) is 15.2. The van der Waals surface area contributed by atoms with Crippen molar-refractivity contribution < 1.29 is 5.02 Å². The highest BCUT2D eigenvalue weighted by Crippen LogP contribution is 2.39. The van der Waals surface area contributed by atoms with Gasteiger partial charge in [0.1, 0.15) is 0 Å². The zero-order chi connectivity index (χ0) is 30.6. The molecule has 0 atom stereocenters. The number of hydrogen-bond acceptors (Lipinski definition) is 4. The fourth-order valence-corrected chi connectivity index (χ4v) is 6.55. The van der Waals surface area contributed by atoms with Gasteiger partial charge in [-0.1, -0.05) is 115 Å². The molecule has 0 aliphatic rings. The van der Waals surface area contributed by atoms with Crippen molar-refractivity contribution in [2.24, 2.45) is 0 Å². The van der Waals surface area contributed by atoms with Gasteiger partial charge in [0.2, 0.25) is 5.95 Å². The zero-order valence-corrected chi connectivity index (χ0v) is 24.6. The minimum atomic E-state index is 0.527. The standard InChI is InChI=1S/C39H25BN5O/c46-40-27-20-21-34-30(22-27)32-24-35-31(29-18-10-11-19-33(29)44(35)28-16-8-3-9-17-28)23-36(32)45(34)39-42-37(25-12-4-1-5-13-25)41-38(43-39)26-14-6-2-7-15-26/h1-24,46H. The average Bonchev–Trinajstić information content (AvgIpc) is 3.63. The Morgan fingerprint density at radius 1 is 0.435 bits per heavy atom. The van der Waals surface area contributed by atoms with Crippen LogP contribution in [0.4, 0.5) is 0 Å². The largest absolute Gasteiger partial charge is 0.450 e. The van der Waals surface area contributed by atoms with Gasteiger partial charge in [0, 0.05) is 38.4 Å². The van der Waals surface area contributed by atoms with E-state index in [0.29, 0.717) is 17.6 Å². The molecule has 0 amide bonds. The van der Waals surface area contributed by atoms with Crippen molar-refractivity contribution >= 4 is 56.6 Å². The van der Waals surface area contributed by atoms with E-state index in [1.807, 2.05) is 84.9 Å². The smallest absolute Gasteiger partial charge is 0.326 e. The molecule has 6 aromatic carbocycles. The molecule has 0 bridgehead atoms. The van der Waals surface area contributed by atoms with Crippen LogP contribution in [0.1, 0.15) is 0 Å². The Balaban J connectivity index is 1.41. The molecule has 0 fully saturated rings. The number of nitrogens with zero attached hydrogens (tertiary/aromatic N) is 5. The van der Waals surface area contributed by atoms with Crippen molar-refractivity contribution in [1.82, 2.24) is 24.1 Å². The molecule has 0 spiro atoms. The molecule has 7 heteroatoms. The average molecular weight is 590 g/mol. The van der Waals surface area contributed by atoms with Crippen LogP contribution in [0.5, 0.6) is 0 Å². The van der Waals surface area contributed by atoms with Crippen molar-refractivity contribution in [1.29, 1.82) is 0 Å². The molecule has 0 unspecified atom stereocenters. The summed E-state index contributed by atoms with van der Waals surface area (Å²) in [5.74, 6) is 1.72. The van der Waals surface area contributed by atoms with Gasteiger partial charge in [0.15, 0.2) is 11.6 Å². The number of aromatic nitrogens is 5. The van der Waals surface area contributed by atoms with E-state index >= 15 is 0 Å². The lowest BCUT2D eigenvalue weighted by atomic mass is 9.88. The predicted molar refractivity (Wildman–Crippen MR) is 187 cm³/mol. The van der Waals surface area contributed by atoms with Crippen molar-refractivity contribution in [2.75, 3.05) is 0 Å². The second-order valence-electron chi connectivity index (χ2n) is 11.3. The second-order valence-corrected chi connectivity index (χ2v) is 11.3. The Hall–Kier alpha value is -6.05. The second kappa shape index (κ2) is 10.5. The molecule has 3 heterocycles. The summed E-state index contributed by atoms with van der Waals surface area (Å²) in [7, 11) is 1.14. The van der Waals surface area contributed by atoms with Gasteiger partial charge in [-0.3, -0.25) is 4.57 Å². The first-order chi connectivity index (χ1) is 22.8. The number of para-hydroxylation sites is 2. The monoisotopic (exact) mass is 590 g/mol. The fourth-order valence-electron chi connectivity index (χ4n) is 6.55. The maximum Gasteiger partial charge on any atom is 0.326 e. The van der Waals surface area contributed by atoms with Crippen LogP contribution in [-0.2, 0) is 0 Å². The minimum Gasteiger partial charge on any atom is -0.450 e. The topological polar surface area (TPSA) is 68.8 Å². The Kier molecular flexibility index (Phi) is 6.04. The molecule has 46 heavy (non-hydrogen) atoms. The molecule has 0 saturated heterocycles. The Bertz CT molecular complexity index is 2500. The normalized spacial score (nSPS) is 11.6. The molecule has 9 aromatic rings. The van der Waals surface area contributed by atoms with Gasteiger partial charge in [-0.05, 0) is 36.4 Å². The molecule has 3 aromatic heterocycles. The van der Waals surface area contributed by atoms with E-state index in [4.69, 9.17) is 15.0 Å². The highest BCUT2D eigenvalue weighted by atomic mass is 16.2. The highest BCUT2D eigenvalue weighted by Gasteiger charge is 2.21. The summed E-state index contributed by atoms with van der Waals surface area (Å²) in [5, 5.41) is 14.3. The van der Waals surface area contributed by atoms with E-state index in [9.17, 15) is 5.02 Å². The highest BCUT2D eigenvalue weighted by molar-refractivity contribution is 6.46. The van der Waals surface area contributed by atoms with E-state index < -0.39 is 0 Å². The number of benzene rings is 6. The third kappa shape index (κ3) is 4.14. The maximum absolute atomic E-state index is 10.0. The van der Waals surface area contributed by atoms with Gasteiger partial charge in [0.25, 0.3) is 0 Å². The van der Waals surface area contributed by atoms with Crippen LogP contribution in [0.2, 0.25) is 0 Å². The van der Waals surface area contributed by atoms with E-state index in [-0.39, 0.29) is 0 Å². The molecule has 1 radical (unpaired) electrons. The summed E-state index contributed by atoms with van der Waals surface area (Å²) in [6.07, 6.45) is 0. The number of rotatable bonds is 5. The van der Waals surface area contributed by atoms with Crippen LogP contribution in [0.25, 0.3) is 78.0 Å². The summed E-state index contributed by atoms with van der Waals surface area (Å²) in [6, 6.07) is 49.5. The lowest BCUT2D eigenvalue weighted by Gasteiger charge is -2.11. The lowest BCUT2D eigenvalue weighted by Crippen LogP contribution is -2.12. The van der Waals surface area contributed by atoms with Gasteiger partial charge in [-0.25, -0.2) is 4.98 Å². The van der Waals surface area contributed by atoms with Crippen LogP contribution in [0.3, 0.4) is 0 Å². The van der Waals surface area contributed by atoms with Crippen LogP contribution >= 0.6 is 0 Å². The summed E-state index contributed by atoms with van der Waals surface area (Å²) < 4.78 is 4.44. The summed E-state index contributed by atoms with van der Waals surface area (Å²) in [6.45, 7) is 0. The van der Waals surface area contributed by atoms with Gasteiger partial charge >= 0.3 is 7.48 Å². The molecular weight excluding hydrogens is 565 g/mol. The van der Waals surface area contributed by atoms with Crippen LogP contribution in [-0.4, -0.2) is 36.6 Å². The molecule has 6 nitrogen and oxygen atoms in total. The van der Waals surface area contributed by atoms with Crippen molar-refractivity contribution in [3.8, 4) is 34.4 Å². The summed E-state index contributed by atoms with van der Waals surface area (Å²) in [5.41, 5.74) is 7.78. The van der Waals surface area contributed by atoms with Gasteiger partial charge in [-0.2, -0.15) is 9.97 Å². The fraction of sp³-hybridized carbons (Fsp3) is 0. The number of fused-ring (bicyclic) bond motifs is 6. The third-order valence-electron chi connectivity index (χ3n) is 8.63. The molecular formula is C39H25BN5O. The maximum atomic E-state index is 10.0. The zero-order valence-electron chi connectivity index (χ0n) is 24.6. The van der Waals surface area contributed by atoms with E-state index in [1.165, 1.54) is 0 Å². The van der Waals surface area contributed by atoms with Crippen molar-refractivity contribution in [2.45, 2.75) is 0 Å². The minimum absolute atomic E-state index is 0.527. The third-order valence-corrected chi connectivity index (χ3v) is 8.63. The molecule has 9 rings (SSSR count). The van der Waals surface area contributed by atoms with Crippen LogP contribution < -0.4 is 5.46 Å². The molecule has 215 valence electrons. The lowest BCUT2D eigenvalue weighted by molar-refractivity contribution is 0.615. The van der Waals surface area contributed by atoms with Crippen LogP contribution in [0, 0.1) is 0 Å². The summed E-state index contributed by atoms with van der Waals surface area (Å²) >= 11 is 0. The molecule has 0 aliphatic carbocycles. The Morgan fingerprint density at radius 3 is 1.61 bits per heavy atom. The first kappa shape index (κ1) is 26.4. The molecule has 0 saturated carbocycles. The van der Waals surface area contributed by atoms with Gasteiger partial charge in [0.05, 0.1) is 22.1 Å².